The molecule has 152 valence electrons. The fourth-order valence-electron chi connectivity index (χ4n) is 3.95. The molecule has 1 aliphatic rings. The molecule has 0 radical (unpaired) electrons. The van der Waals surface area contributed by atoms with Crippen molar-refractivity contribution in [3.8, 4) is 5.75 Å². The summed E-state index contributed by atoms with van der Waals surface area (Å²) < 4.78 is 17.2. The Morgan fingerprint density at radius 3 is 2.86 bits per heavy atom. The van der Waals surface area contributed by atoms with E-state index in [1.807, 2.05) is 20.8 Å². The number of benzene rings is 1. The molecule has 0 atom stereocenters. The highest BCUT2D eigenvalue weighted by atomic mass is 16.5. The van der Waals surface area contributed by atoms with Crippen molar-refractivity contribution in [3.05, 3.63) is 34.6 Å². The summed E-state index contributed by atoms with van der Waals surface area (Å²) in [5.74, 6) is 1.79. The first-order valence-corrected chi connectivity index (χ1v) is 10.2. The molecule has 5 nitrogen and oxygen atoms in total. The Hall–Kier alpha value is -2.27. The van der Waals surface area contributed by atoms with Crippen LogP contribution in [0, 0.1) is 6.92 Å². The van der Waals surface area contributed by atoms with Crippen LogP contribution in [0.5, 0.6) is 5.75 Å². The Balaban J connectivity index is 1.87. The van der Waals surface area contributed by atoms with E-state index in [1.165, 1.54) is 18.4 Å². The van der Waals surface area contributed by atoms with Crippen molar-refractivity contribution in [1.29, 1.82) is 0 Å². The predicted octanol–water partition coefficient (Wildman–Crippen LogP) is 4.57. The zero-order chi connectivity index (χ0) is 20.1. The number of ether oxygens (including phenoxy) is 2. The van der Waals surface area contributed by atoms with Crippen LogP contribution in [0.2, 0.25) is 0 Å². The summed E-state index contributed by atoms with van der Waals surface area (Å²) in [5, 5.41) is 4.08. The van der Waals surface area contributed by atoms with E-state index < -0.39 is 0 Å². The van der Waals surface area contributed by atoms with Crippen molar-refractivity contribution in [2.24, 2.45) is 0 Å². The Bertz CT molecular complexity index is 879. The van der Waals surface area contributed by atoms with Crippen LogP contribution in [0.3, 0.4) is 0 Å². The molecule has 3 rings (SSSR count). The molecule has 0 fully saturated rings. The van der Waals surface area contributed by atoms with Gasteiger partial charge in [-0.25, -0.2) is 0 Å². The minimum Gasteiger partial charge on any atom is -0.496 e. The number of nitrogens with one attached hydrogen (secondary N) is 1. The molecule has 1 heterocycles. The third-order valence-corrected chi connectivity index (χ3v) is 5.37. The van der Waals surface area contributed by atoms with Gasteiger partial charge in [-0.2, -0.15) is 0 Å². The highest BCUT2D eigenvalue weighted by Gasteiger charge is 2.23. The predicted molar refractivity (Wildman–Crippen MR) is 112 cm³/mol. The fourth-order valence-corrected chi connectivity index (χ4v) is 3.95. The number of carbonyl (C=O) groups is 1. The van der Waals surface area contributed by atoms with Gasteiger partial charge in [0.1, 0.15) is 17.1 Å². The maximum Gasteiger partial charge on any atom is 0.244 e. The van der Waals surface area contributed by atoms with Crippen LogP contribution in [0.15, 0.2) is 16.6 Å². The van der Waals surface area contributed by atoms with Crippen molar-refractivity contribution >= 4 is 22.4 Å². The maximum atomic E-state index is 12.3. The minimum atomic E-state index is -0.0944. The lowest BCUT2D eigenvalue weighted by atomic mass is 9.93. The van der Waals surface area contributed by atoms with E-state index >= 15 is 0 Å². The second-order valence-electron chi connectivity index (χ2n) is 7.34. The first-order chi connectivity index (χ1) is 13.6. The molecule has 0 saturated carbocycles. The van der Waals surface area contributed by atoms with Crippen LogP contribution in [0.4, 0.5) is 0 Å². The van der Waals surface area contributed by atoms with Gasteiger partial charge in [-0.15, -0.1) is 0 Å². The van der Waals surface area contributed by atoms with E-state index in [0.717, 1.165) is 58.4 Å². The normalized spacial score (nSPS) is 14.2. The van der Waals surface area contributed by atoms with E-state index in [9.17, 15) is 4.79 Å². The van der Waals surface area contributed by atoms with Crippen LogP contribution in [0.1, 0.15) is 55.6 Å². The number of hydrogen-bond donors (Lipinski definition) is 1. The van der Waals surface area contributed by atoms with E-state index in [4.69, 9.17) is 13.9 Å². The summed E-state index contributed by atoms with van der Waals surface area (Å²) in [6.45, 7) is 7.91. The summed E-state index contributed by atoms with van der Waals surface area (Å²) in [6, 6.07) is 2.13. The summed E-state index contributed by atoms with van der Waals surface area (Å²) >= 11 is 0. The number of fused-ring (bicyclic) bond motifs is 3. The molecule has 0 saturated heterocycles. The summed E-state index contributed by atoms with van der Waals surface area (Å²) in [5.41, 5.74) is 5.07. The lowest BCUT2D eigenvalue weighted by molar-refractivity contribution is -0.116. The van der Waals surface area contributed by atoms with Crippen LogP contribution in [-0.4, -0.2) is 32.8 Å². The molecule has 5 heteroatoms. The van der Waals surface area contributed by atoms with Crippen LogP contribution < -0.4 is 10.1 Å². The Labute approximate surface area is 167 Å². The molecule has 1 aromatic carbocycles. The van der Waals surface area contributed by atoms with Gasteiger partial charge in [0, 0.05) is 54.3 Å². The number of hydrogen-bond acceptors (Lipinski definition) is 4. The Morgan fingerprint density at radius 1 is 1.32 bits per heavy atom. The monoisotopic (exact) mass is 385 g/mol. The van der Waals surface area contributed by atoms with Gasteiger partial charge in [-0.3, -0.25) is 4.79 Å². The Kier molecular flexibility index (Phi) is 6.79. The summed E-state index contributed by atoms with van der Waals surface area (Å²) in [6.07, 6.45) is 6.88. The zero-order valence-corrected chi connectivity index (χ0v) is 17.4. The number of aryl methyl sites for hydroxylation is 3. The van der Waals surface area contributed by atoms with Gasteiger partial charge in [0.05, 0.1) is 7.11 Å². The first kappa shape index (κ1) is 20.5. The SMILES string of the molecule is CCOCCCNC(=O)/C=C(\C)c1cc2c3c(oc2c(C)c1OC)CCCC3. The third kappa shape index (κ3) is 4.25. The molecule has 0 bridgehead atoms. The average molecular weight is 386 g/mol. The summed E-state index contributed by atoms with van der Waals surface area (Å²) in [7, 11) is 1.67. The maximum absolute atomic E-state index is 12.3. The number of amides is 1. The smallest absolute Gasteiger partial charge is 0.244 e. The lowest BCUT2D eigenvalue weighted by Gasteiger charge is -2.13. The number of furan rings is 1. The van der Waals surface area contributed by atoms with Crippen LogP contribution in [0.25, 0.3) is 16.5 Å². The van der Waals surface area contributed by atoms with Gasteiger partial charge in [0.15, 0.2) is 0 Å². The molecule has 2 aromatic rings. The van der Waals surface area contributed by atoms with E-state index in [2.05, 4.69) is 11.4 Å². The molecule has 0 aliphatic heterocycles. The van der Waals surface area contributed by atoms with Crippen molar-refractivity contribution in [1.82, 2.24) is 5.32 Å². The molecule has 1 amide bonds. The van der Waals surface area contributed by atoms with E-state index in [-0.39, 0.29) is 5.91 Å². The number of methoxy groups -OCH3 is 1. The largest absolute Gasteiger partial charge is 0.496 e. The number of carbonyl (C=O) groups excluding carboxylic acids is 1. The van der Waals surface area contributed by atoms with Crippen LogP contribution >= 0.6 is 0 Å². The fraction of sp³-hybridized carbons (Fsp3) is 0.522. The first-order valence-electron chi connectivity index (χ1n) is 10.2. The topological polar surface area (TPSA) is 60.7 Å². The van der Waals surface area contributed by atoms with E-state index in [0.29, 0.717) is 19.8 Å². The second kappa shape index (κ2) is 9.28. The average Bonchev–Trinajstić information content (AvgIpc) is 3.07. The minimum absolute atomic E-state index is 0.0944. The molecule has 0 spiro atoms. The standard InChI is InChI=1S/C23H31NO4/c1-5-27-12-8-11-24-21(25)13-15(2)18-14-19-17-9-6-7-10-20(17)28-23(19)16(3)22(18)26-4/h13-14H,5-12H2,1-4H3,(H,24,25)/b15-13+. The molecular weight excluding hydrogens is 354 g/mol. The van der Waals surface area contributed by atoms with Gasteiger partial charge in [-0.05, 0) is 58.1 Å². The van der Waals surface area contributed by atoms with Gasteiger partial charge < -0.3 is 19.2 Å². The highest BCUT2D eigenvalue weighted by Crippen LogP contribution is 2.40. The van der Waals surface area contributed by atoms with Crippen molar-refractivity contribution < 1.29 is 18.7 Å². The van der Waals surface area contributed by atoms with Gasteiger partial charge in [0.2, 0.25) is 5.91 Å². The van der Waals surface area contributed by atoms with Gasteiger partial charge in [-0.1, -0.05) is 0 Å². The van der Waals surface area contributed by atoms with Crippen molar-refractivity contribution in [3.63, 3.8) is 0 Å². The number of rotatable bonds is 8. The second-order valence-corrected chi connectivity index (χ2v) is 7.34. The van der Waals surface area contributed by atoms with Crippen molar-refractivity contribution in [2.45, 2.75) is 52.9 Å². The molecule has 1 aromatic heterocycles. The Morgan fingerprint density at radius 2 is 2.11 bits per heavy atom. The lowest BCUT2D eigenvalue weighted by Crippen LogP contribution is -2.23. The molecule has 28 heavy (non-hydrogen) atoms. The molecular formula is C23H31NO4. The molecule has 1 aliphatic carbocycles. The quantitative estimate of drug-likeness (QED) is 0.534. The van der Waals surface area contributed by atoms with Crippen molar-refractivity contribution in [2.75, 3.05) is 26.9 Å². The van der Waals surface area contributed by atoms with Gasteiger partial charge in [0.25, 0.3) is 0 Å². The third-order valence-electron chi connectivity index (χ3n) is 5.37. The highest BCUT2D eigenvalue weighted by molar-refractivity contribution is 5.98. The number of allylic oxidation sites excluding steroid dienone is 1. The van der Waals surface area contributed by atoms with Gasteiger partial charge >= 0.3 is 0 Å². The molecule has 1 N–H and O–H groups in total. The van der Waals surface area contributed by atoms with Crippen LogP contribution in [-0.2, 0) is 22.4 Å². The molecule has 0 unspecified atom stereocenters. The summed E-state index contributed by atoms with van der Waals surface area (Å²) in [4.78, 5) is 12.3. The zero-order valence-electron chi connectivity index (χ0n) is 17.4. The van der Waals surface area contributed by atoms with E-state index in [1.54, 1.807) is 13.2 Å².